The zero-order valence-corrected chi connectivity index (χ0v) is 11.0. The van der Waals surface area contributed by atoms with Crippen molar-refractivity contribution in [2.75, 3.05) is 19.6 Å². The molecule has 0 bridgehead atoms. The van der Waals surface area contributed by atoms with Crippen LogP contribution in [0.3, 0.4) is 0 Å². The van der Waals surface area contributed by atoms with Crippen LogP contribution in [0.5, 0.6) is 0 Å². The lowest BCUT2D eigenvalue weighted by Gasteiger charge is -2.34. The average molecular weight is 253 g/mol. The molecule has 102 valence electrons. The average Bonchev–Trinajstić information content (AvgIpc) is 3.19. The second kappa shape index (κ2) is 5.69. The fourth-order valence-electron chi connectivity index (χ4n) is 2.46. The summed E-state index contributed by atoms with van der Waals surface area (Å²) in [6, 6.07) is -0.274. The van der Waals surface area contributed by atoms with Crippen LogP contribution in [-0.2, 0) is 9.59 Å². The maximum atomic E-state index is 12.0. The minimum Gasteiger partial charge on any atom is -0.368 e. The van der Waals surface area contributed by atoms with Crippen molar-refractivity contribution in [3.63, 3.8) is 0 Å². The van der Waals surface area contributed by atoms with Crippen molar-refractivity contribution in [1.29, 1.82) is 0 Å². The summed E-state index contributed by atoms with van der Waals surface area (Å²) in [5.74, 6) is 0.551. The SMILES string of the molecule is C[C@@H](C(N)=O)N1CCC[C@@H](C(=O)NCC2CC2)C1. The number of hydrogen-bond donors (Lipinski definition) is 2. The monoisotopic (exact) mass is 253 g/mol. The molecule has 0 aromatic heterocycles. The molecule has 1 saturated carbocycles. The van der Waals surface area contributed by atoms with Crippen LogP contribution in [0.2, 0.25) is 0 Å². The van der Waals surface area contributed by atoms with Gasteiger partial charge in [0.15, 0.2) is 0 Å². The number of amides is 2. The lowest BCUT2D eigenvalue weighted by molar-refractivity contribution is -0.130. The summed E-state index contributed by atoms with van der Waals surface area (Å²) in [4.78, 5) is 25.2. The highest BCUT2D eigenvalue weighted by Gasteiger charge is 2.30. The van der Waals surface area contributed by atoms with E-state index >= 15 is 0 Å². The summed E-state index contributed by atoms with van der Waals surface area (Å²) in [5, 5.41) is 3.02. The lowest BCUT2D eigenvalue weighted by Crippen LogP contribution is -2.50. The summed E-state index contributed by atoms with van der Waals surface area (Å²) < 4.78 is 0. The van der Waals surface area contributed by atoms with Crippen molar-refractivity contribution >= 4 is 11.8 Å². The van der Waals surface area contributed by atoms with Gasteiger partial charge in [0.25, 0.3) is 0 Å². The molecule has 3 N–H and O–H groups in total. The number of nitrogens with zero attached hydrogens (tertiary/aromatic N) is 1. The minimum absolute atomic E-state index is 0.0132. The van der Waals surface area contributed by atoms with Gasteiger partial charge in [-0.25, -0.2) is 0 Å². The Kier molecular flexibility index (Phi) is 4.22. The zero-order chi connectivity index (χ0) is 13.1. The van der Waals surface area contributed by atoms with Crippen LogP contribution in [0.4, 0.5) is 0 Å². The first-order valence-corrected chi connectivity index (χ1v) is 6.89. The Bertz CT molecular complexity index is 328. The number of nitrogens with one attached hydrogen (secondary N) is 1. The van der Waals surface area contributed by atoms with E-state index in [1.165, 1.54) is 12.8 Å². The van der Waals surface area contributed by atoms with E-state index in [4.69, 9.17) is 5.73 Å². The van der Waals surface area contributed by atoms with Gasteiger partial charge < -0.3 is 11.1 Å². The number of carbonyl (C=O) groups excluding carboxylic acids is 2. The number of hydrogen-bond acceptors (Lipinski definition) is 3. The standard InChI is InChI=1S/C13H23N3O2/c1-9(12(14)17)16-6-2-3-11(8-16)13(18)15-7-10-4-5-10/h9-11H,2-8H2,1H3,(H2,14,17)(H,15,18)/t9-,11+/m0/s1. The molecular formula is C13H23N3O2. The normalized spacial score (nSPS) is 26.6. The van der Waals surface area contributed by atoms with Gasteiger partial charge in [-0.15, -0.1) is 0 Å². The van der Waals surface area contributed by atoms with Gasteiger partial charge in [-0.05, 0) is 45.1 Å². The largest absolute Gasteiger partial charge is 0.368 e. The Hall–Kier alpha value is -1.10. The Morgan fingerprint density at radius 1 is 1.39 bits per heavy atom. The van der Waals surface area contributed by atoms with Crippen LogP contribution < -0.4 is 11.1 Å². The second-order valence-electron chi connectivity index (χ2n) is 5.60. The summed E-state index contributed by atoms with van der Waals surface area (Å²) in [5.41, 5.74) is 5.31. The topological polar surface area (TPSA) is 75.4 Å². The van der Waals surface area contributed by atoms with Crippen molar-refractivity contribution in [3.05, 3.63) is 0 Å². The molecule has 0 spiro atoms. The number of piperidine rings is 1. The molecule has 0 aromatic rings. The van der Waals surface area contributed by atoms with Crippen molar-refractivity contribution in [3.8, 4) is 0 Å². The highest BCUT2D eigenvalue weighted by molar-refractivity contribution is 5.80. The predicted molar refractivity (Wildman–Crippen MR) is 68.7 cm³/mol. The van der Waals surface area contributed by atoms with E-state index in [0.29, 0.717) is 12.5 Å². The smallest absolute Gasteiger partial charge is 0.234 e. The number of nitrogens with two attached hydrogens (primary N) is 1. The molecule has 1 heterocycles. The van der Waals surface area contributed by atoms with Crippen LogP contribution >= 0.6 is 0 Å². The van der Waals surface area contributed by atoms with Crippen LogP contribution in [-0.4, -0.2) is 42.4 Å². The van der Waals surface area contributed by atoms with Gasteiger partial charge in [-0.1, -0.05) is 0 Å². The number of likely N-dealkylation sites (tertiary alicyclic amines) is 1. The quantitative estimate of drug-likeness (QED) is 0.729. The first-order chi connectivity index (χ1) is 8.58. The summed E-state index contributed by atoms with van der Waals surface area (Å²) >= 11 is 0. The molecule has 5 nitrogen and oxygen atoms in total. The summed E-state index contributed by atoms with van der Waals surface area (Å²) in [6.07, 6.45) is 4.36. The van der Waals surface area contributed by atoms with Crippen molar-refractivity contribution in [2.45, 2.75) is 38.6 Å². The zero-order valence-electron chi connectivity index (χ0n) is 11.0. The van der Waals surface area contributed by atoms with Gasteiger partial charge in [0.1, 0.15) is 0 Å². The van der Waals surface area contributed by atoms with Gasteiger partial charge in [-0.2, -0.15) is 0 Å². The third-order valence-electron chi connectivity index (χ3n) is 4.04. The van der Waals surface area contributed by atoms with E-state index < -0.39 is 0 Å². The van der Waals surface area contributed by atoms with Crippen LogP contribution in [0.15, 0.2) is 0 Å². The first-order valence-electron chi connectivity index (χ1n) is 6.89. The number of primary amides is 1. The molecule has 0 unspecified atom stereocenters. The molecule has 2 rings (SSSR count). The molecular weight excluding hydrogens is 230 g/mol. The van der Waals surface area contributed by atoms with Gasteiger partial charge in [0.05, 0.1) is 12.0 Å². The van der Waals surface area contributed by atoms with E-state index in [9.17, 15) is 9.59 Å². The maximum Gasteiger partial charge on any atom is 0.234 e. The molecule has 5 heteroatoms. The molecule has 0 aromatic carbocycles. The Balaban J connectivity index is 1.81. The Morgan fingerprint density at radius 2 is 2.11 bits per heavy atom. The van der Waals surface area contributed by atoms with Gasteiger partial charge in [0, 0.05) is 13.1 Å². The number of rotatable bonds is 5. The third kappa shape index (κ3) is 3.45. The fraction of sp³-hybridized carbons (Fsp3) is 0.846. The van der Waals surface area contributed by atoms with E-state index in [0.717, 1.165) is 25.9 Å². The summed E-state index contributed by atoms with van der Waals surface area (Å²) in [6.45, 7) is 4.14. The highest BCUT2D eigenvalue weighted by atomic mass is 16.2. The van der Waals surface area contributed by atoms with Gasteiger partial charge in [-0.3, -0.25) is 14.5 Å². The van der Waals surface area contributed by atoms with E-state index in [2.05, 4.69) is 5.32 Å². The van der Waals surface area contributed by atoms with Crippen LogP contribution in [0, 0.1) is 11.8 Å². The van der Waals surface area contributed by atoms with Gasteiger partial charge in [0.2, 0.25) is 11.8 Å². The Labute approximate surface area is 108 Å². The van der Waals surface area contributed by atoms with E-state index in [1.807, 2.05) is 11.8 Å². The molecule has 0 radical (unpaired) electrons. The molecule has 18 heavy (non-hydrogen) atoms. The van der Waals surface area contributed by atoms with Crippen molar-refractivity contribution < 1.29 is 9.59 Å². The molecule has 2 fully saturated rings. The summed E-state index contributed by atoms with van der Waals surface area (Å²) in [7, 11) is 0. The maximum absolute atomic E-state index is 12.0. The predicted octanol–water partition coefficient (Wildman–Crippen LogP) is 0.0984. The van der Waals surface area contributed by atoms with E-state index in [-0.39, 0.29) is 23.8 Å². The molecule has 1 aliphatic heterocycles. The Morgan fingerprint density at radius 3 is 2.72 bits per heavy atom. The number of carbonyl (C=O) groups is 2. The highest BCUT2D eigenvalue weighted by Crippen LogP contribution is 2.28. The third-order valence-corrected chi connectivity index (χ3v) is 4.04. The molecule has 2 amide bonds. The molecule has 1 aliphatic carbocycles. The first kappa shape index (κ1) is 13.3. The van der Waals surface area contributed by atoms with Crippen LogP contribution in [0.25, 0.3) is 0 Å². The van der Waals surface area contributed by atoms with E-state index in [1.54, 1.807) is 0 Å². The molecule has 1 saturated heterocycles. The fourth-order valence-corrected chi connectivity index (χ4v) is 2.46. The van der Waals surface area contributed by atoms with Crippen molar-refractivity contribution in [2.24, 2.45) is 17.6 Å². The van der Waals surface area contributed by atoms with Crippen LogP contribution in [0.1, 0.15) is 32.6 Å². The second-order valence-corrected chi connectivity index (χ2v) is 5.60. The molecule has 2 aliphatic rings. The van der Waals surface area contributed by atoms with Gasteiger partial charge >= 0.3 is 0 Å². The molecule has 2 atom stereocenters. The lowest BCUT2D eigenvalue weighted by atomic mass is 9.96. The minimum atomic E-state index is -0.311. The van der Waals surface area contributed by atoms with Crippen molar-refractivity contribution in [1.82, 2.24) is 10.2 Å².